The minimum Gasteiger partial charge on any atom is -0.463 e. The SMILES string of the molecule is CCCCC1C=CC(CCCC(=O)OCC2CO2)CC1C(=O)OCC1CO1. The molecule has 0 N–H and O–H groups in total. The molecule has 6 nitrogen and oxygen atoms in total. The third-order valence-corrected chi connectivity index (χ3v) is 5.50. The largest absolute Gasteiger partial charge is 0.463 e. The average molecular weight is 380 g/mol. The van der Waals surface area contributed by atoms with E-state index >= 15 is 0 Å². The second-order valence-electron chi connectivity index (χ2n) is 7.91. The highest BCUT2D eigenvalue weighted by Crippen LogP contribution is 2.35. The van der Waals surface area contributed by atoms with Crippen LogP contribution < -0.4 is 0 Å². The number of carbonyl (C=O) groups excluding carboxylic acids is 2. The van der Waals surface area contributed by atoms with Crippen molar-refractivity contribution < 1.29 is 28.5 Å². The molecule has 0 saturated carbocycles. The van der Waals surface area contributed by atoms with Crippen LogP contribution in [0.4, 0.5) is 0 Å². The summed E-state index contributed by atoms with van der Waals surface area (Å²) < 4.78 is 20.8. The molecule has 0 aromatic heterocycles. The summed E-state index contributed by atoms with van der Waals surface area (Å²) in [7, 11) is 0. The average Bonchev–Trinajstić information content (AvgIpc) is 3.57. The van der Waals surface area contributed by atoms with E-state index in [1.54, 1.807) is 0 Å². The summed E-state index contributed by atoms with van der Waals surface area (Å²) in [6.45, 7) is 4.31. The molecule has 6 heteroatoms. The summed E-state index contributed by atoms with van der Waals surface area (Å²) in [6.07, 6.45) is 10.8. The Balaban J connectivity index is 1.42. The summed E-state index contributed by atoms with van der Waals surface area (Å²) in [4.78, 5) is 24.3. The third kappa shape index (κ3) is 7.26. The van der Waals surface area contributed by atoms with E-state index in [0.717, 1.165) is 38.5 Å². The molecule has 2 saturated heterocycles. The fourth-order valence-electron chi connectivity index (χ4n) is 3.61. The van der Waals surface area contributed by atoms with E-state index in [2.05, 4.69) is 19.1 Å². The Kier molecular flexibility index (Phi) is 7.70. The Morgan fingerprint density at radius 3 is 2.37 bits per heavy atom. The van der Waals surface area contributed by atoms with Crippen molar-refractivity contribution in [3.05, 3.63) is 12.2 Å². The molecule has 0 bridgehead atoms. The zero-order valence-electron chi connectivity index (χ0n) is 16.3. The molecule has 1 aliphatic carbocycles. The van der Waals surface area contributed by atoms with E-state index < -0.39 is 0 Å². The van der Waals surface area contributed by atoms with Gasteiger partial charge in [-0.2, -0.15) is 0 Å². The van der Waals surface area contributed by atoms with Crippen molar-refractivity contribution in [1.82, 2.24) is 0 Å². The van der Waals surface area contributed by atoms with Crippen molar-refractivity contribution in [2.45, 2.75) is 64.1 Å². The van der Waals surface area contributed by atoms with E-state index in [1.165, 1.54) is 0 Å². The maximum absolute atomic E-state index is 12.6. The maximum Gasteiger partial charge on any atom is 0.309 e. The normalized spacial score (nSPS) is 31.4. The van der Waals surface area contributed by atoms with Crippen molar-refractivity contribution in [3.8, 4) is 0 Å². The predicted molar refractivity (Wildman–Crippen MR) is 99.0 cm³/mol. The minimum atomic E-state index is -0.161. The molecule has 27 heavy (non-hydrogen) atoms. The Morgan fingerprint density at radius 2 is 1.70 bits per heavy atom. The number of epoxide rings is 2. The van der Waals surface area contributed by atoms with Crippen LogP contribution in [0.25, 0.3) is 0 Å². The van der Waals surface area contributed by atoms with Gasteiger partial charge in [0.2, 0.25) is 0 Å². The lowest BCUT2D eigenvalue weighted by atomic mass is 9.75. The topological polar surface area (TPSA) is 77.7 Å². The van der Waals surface area contributed by atoms with Gasteiger partial charge in [0.1, 0.15) is 25.4 Å². The number of rotatable bonds is 12. The van der Waals surface area contributed by atoms with E-state index in [-0.39, 0.29) is 36.0 Å². The number of esters is 2. The van der Waals surface area contributed by atoms with Gasteiger partial charge in [-0.25, -0.2) is 0 Å². The number of ether oxygens (including phenoxy) is 4. The molecule has 0 aromatic carbocycles. The van der Waals surface area contributed by atoms with E-state index in [0.29, 0.717) is 38.8 Å². The van der Waals surface area contributed by atoms with Gasteiger partial charge in [0.15, 0.2) is 0 Å². The van der Waals surface area contributed by atoms with Gasteiger partial charge in [-0.1, -0.05) is 31.9 Å². The third-order valence-electron chi connectivity index (χ3n) is 5.50. The van der Waals surface area contributed by atoms with Crippen LogP contribution in [0.1, 0.15) is 51.9 Å². The van der Waals surface area contributed by atoms with Crippen molar-refractivity contribution in [2.24, 2.45) is 17.8 Å². The fraction of sp³-hybridized carbons (Fsp3) is 0.810. The molecule has 2 heterocycles. The minimum absolute atomic E-state index is 0.0794. The number of carbonyl (C=O) groups is 2. The quantitative estimate of drug-likeness (QED) is 0.294. The monoisotopic (exact) mass is 380 g/mol. The Morgan fingerprint density at radius 1 is 1.00 bits per heavy atom. The fourth-order valence-corrected chi connectivity index (χ4v) is 3.61. The lowest BCUT2D eigenvalue weighted by Crippen LogP contribution is -2.30. The molecule has 3 aliphatic rings. The first kappa shape index (κ1) is 20.3. The van der Waals surface area contributed by atoms with Crippen LogP contribution >= 0.6 is 0 Å². The van der Waals surface area contributed by atoms with Gasteiger partial charge >= 0.3 is 11.9 Å². The van der Waals surface area contributed by atoms with Crippen molar-refractivity contribution in [2.75, 3.05) is 26.4 Å². The summed E-state index contributed by atoms with van der Waals surface area (Å²) in [5.74, 6) is 0.245. The smallest absolute Gasteiger partial charge is 0.309 e. The summed E-state index contributed by atoms with van der Waals surface area (Å²) in [6, 6.07) is 0. The van der Waals surface area contributed by atoms with E-state index in [4.69, 9.17) is 18.9 Å². The van der Waals surface area contributed by atoms with Crippen molar-refractivity contribution >= 4 is 11.9 Å². The van der Waals surface area contributed by atoms with Gasteiger partial charge in [0.25, 0.3) is 0 Å². The predicted octanol–water partition coefficient (Wildman–Crippen LogP) is 3.04. The van der Waals surface area contributed by atoms with Gasteiger partial charge in [0.05, 0.1) is 19.1 Å². The Hall–Kier alpha value is -1.40. The first-order chi connectivity index (χ1) is 13.2. The van der Waals surface area contributed by atoms with Crippen molar-refractivity contribution in [3.63, 3.8) is 0 Å². The molecular formula is C21H32O6. The lowest BCUT2D eigenvalue weighted by Gasteiger charge is -2.30. The highest BCUT2D eigenvalue weighted by Gasteiger charge is 2.34. The molecule has 5 unspecified atom stereocenters. The summed E-state index contributed by atoms with van der Waals surface area (Å²) in [5.41, 5.74) is 0. The van der Waals surface area contributed by atoms with Crippen LogP contribution in [0.2, 0.25) is 0 Å². The van der Waals surface area contributed by atoms with Gasteiger partial charge in [-0.3, -0.25) is 9.59 Å². The summed E-state index contributed by atoms with van der Waals surface area (Å²) >= 11 is 0. The molecule has 0 spiro atoms. The van der Waals surface area contributed by atoms with Crippen molar-refractivity contribution in [1.29, 1.82) is 0 Å². The molecule has 0 aromatic rings. The van der Waals surface area contributed by atoms with Gasteiger partial charge in [-0.15, -0.1) is 0 Å². The molecular weight excluding hydrogens is 348 g/mol. The van der Waals surface area contributed by atoms with Gasteiger partial charge in [-0.05, 0) is 37.5 Å². The molecule has 3 rings (SSSR count). The number of unbranched alkanes of at least 4 members (excludes halogenated alkanes) is 1. The van der Waals surface area contributed by atoms with Crippen LogP contribution in [0, 0.1) is 17.8 Å². The molecule has 152 valence electrons. The molecule has 0 radical (unpaired) electrons. The maximum atomic E-state index is 12.6. The first-order valence-electron chi connectivity index (χ1n) is 10.4. The second-order valence-corrected chi connectivity index (χ2v) is 7.91. The number of allylic oxidation sites excluding steroid dienone is 2. The van der Waals surface area contributed by atoms with Crippen LogP contribution in [0.15, 0.2) is 12.2 Å². The Labute approximate surface area is 161 Å². The van der Waals surface area contributed by atoms with E-state index in [1.807, 2.05) is 0 Å². The number of hydrogen-bond donors (Lipinski definition) is 0. The lowest BCUT2D eigenvalue weighted by molar-refractivity contribution is -0.151. The highest BCUT2D eigenvalue weighted by atomic mass is 16.6. The zero-order valence-corrected chi connectivity index (χ0v) is 16.3. The standard InChI is InChI=1S/C21H32O6/c1-2-3-6-16-9-8-15(5-4-7-20(22)26-13-17-11-24-17)10-19(16)21(23)27-14-18-12-25-18/h8-9,15-19H,2-7,10-14H2,1H3. The molecule has 2 aliphatic heterocycles. The van der Waals surface area contributed by atoms with Gasteiger partial charge < -0.3 is 18.9 Å². The van der Waals surface area contributed by atoms with E-state index in [9.17, 15) is 9.59 Å². The van der Waals surface area contributed by atoms with Crippen LogP contribution in [0.3, 0.4) is 0 Å². The van der Waals surface area contributed by atoms with Crippen LogP contribution in [-0.2, 0) is 28.5 Å². The van der Waals surface area contributed by atoms with Gasteiger partial charge in [0, 0.05) is 6.42 Å². The molecule has 0 amide bonds. The second kappa shape index (κ2) is 10.2. The summed E-state index contributed by atoms with van der Waals surface area (Å²) in [5, 5.41) is 0. The highest BCUT2D eigenvalue weighted by molar-refractivity contribution is 5.73. The zero-order chi connectivity index (χ0) is 19.1. The van der Waals surface area contributed by atoms with Crippen LogP contribution in [-0.4, -0.2) is 50.6 Å². The first-order valence-corrected chi connectivity index (χ1v) is 10.4. The molecule has 2 fully saturated rings. The Bertz CT molecular complexity index is 523. The molecule has 5 atom stereocenters. The number of hydrogen-bond acceptors (Lipinski definition) is 6. The van der Waals surface area contributed by atoms with Crippen LogP contribution in [0.5, 0.6) is 0 Å².